The maximum Gasteiger partial charge on any atom is 0.237 e. The predicted octanol–water partition coefficient (Wildman–Crippen LogP) is 1.17. The highest BCUT2D eigenvalue weighted by atomic mass is 16.2. The number of nitrogens with zero attached hydrogens (tertiary/aromatic N) is 1. The van der Waals surface area contributed by atoms with Gasteiger partial charge in [0, 0.05) is 6.04 Å². The van der Waals surface area contributed by atoms with Crippen molar-refractivity contribution in [3.05, 3.63) is 0 Å². The Morgan fingerprint density at radius 2 is 2.13 bits per heavy atom. The Balaban J connectivity index is 4.05. The van der Waals surface area contributed by atoms with Gasteiger partial charge < -0.3 is 11.1 Å². The molecule has 86 valence electrons. The maximum absolute atomic E-state index is 11.6. The third-order valence-corrected chi connectivity index (χ3v) is 2.24. The number of amides is 1. The Morgan fingerprint density at radius 3 is 2.53 bits per heavy atom. The normalized spacial score (nSPS) is 14.4. The molecule has 0 rings (SSSR count). The number of carbonyl (C=O) groups is 1. The van der Waals surface area contributed by atoms with Gasteiger partial charge in [0.25, 0.3) is 0 Å². The van der Waals surface area contributed by atoms with Crippen LogP contribution in [-0.2, 0) is 4.79 Å². The first kappa shape index (κ1) is 13.9. The van der Waals surface area contributed by atoms with E-state index in [0.29, 0.717) is 18.8 Å². The summed E-state index contributed by atoms with van der Waals surface area (Å²) in [5, 5.41) is 11.3. The molecule has 3 N–H and O–H groups in total. The van der Waals surface area contributed by atoms with E-state index in [0.717, 1.165) is 6.42 Å². The molecule has 0 aromatic rings. The van der Waals surface area contributed by atoms with Crippen LogP contribution in [-0.4, -0.2) is 18.0 Å². The molecule has 0 aromatic carbocycles. The first-order valence-electron chi connectivity index (χ1n) is 5.44. The molecular formula is C11H21N3O. The van der Waals surface area contributed by atoms with E-state index in [1.54, 1.807) is 0 Å². The van der Waals surface area contributed by atoms with Crippen molar-refractivity contribution in [2.45, 2.75) is 52.1 Å². The van der Waals surface area contributed by atoms with Gasteiger partial charge in [0.05, 0.1) is 18.5 Å². The van der Waals surface area contributed by atoms with Crippen LogP contribution < -0.4 is 11.1 Å². The summed E-state index contributed by atoms with van der Waals surface area (Å²) in [6.07, 6.45) is 1.78. The van der Waals surface area contributed by atoms with Crippen LogP contribution in [0.5, 0.6) is 0 Å². The Bertz CT molecular complexity index is 232. The Morgan fingerprint density at radius 1 is 1.53 bits per heavy atom. The van der Waals surface area contributed by atoms with Crippen LogP contribution in [0.4, 0.5) is 0 Å². The number of nitrogens with two attached hydrogens (primary N) is 1. The summed E-state index contributed by atoms with van der Waals surface area (Å²) in [7, 11) is 0. The van der Waals surface area contributed by atoms with E-state index in [1.807, 2.05) is 26.8 Å². The quantitative estimate of drug-likeness (QED) is 0.692. The van der Waals surface area contributed by atoms with Crippen LogP contribution in [0.2, 0.25) is 0 Å². The van der Waals surface area contributed by atoms with Gasteiger partial charge in [-0.05, 0) is 18.8 Å². The smallest absolute Gasteiger partial charge is 0.237 e. The molecule has 1 unspecified atom stereocenters. The summed E-state index contributed by atoms with van der Waals surface area (Å²) in [5.74, 6) is 0.257. The zero-order valence-electron chi connectivity index (χ0n) is 9.79. The lowest BCUT2D eigenvalue weighted by Crippen LogP contribution is -2.45. The van der Waals surface area contributed by atoms with Gasteiger partial charge >= 0.3 is 0 Å². The first-order chi connectivity index (χ1) is 7.01. The molecular weight excluding hydrogens is 190 g/mol. The second-order valence-corrected chi connectivity index (χ2v) is 4.21. The highest BCUT2D eigenvalue weighted by Gasteiger charge is 2.17. The minimum atomic E-state index is -0.460. The molecule has 15 heavy (non-hydrogen) atoms. The molecule has 0 aliphatic heterocycles. The molecule has 0 fully saturated rings. The van der Waals surface area contributed by atoms with E-state index in [2.05, 4.69) is 5.32 Å². The van der Waals surface area contributed by atoms with Crippen LogP contribution >= 0.6 is 0 Å². The van der Waals surface area contributed by atoms with Crippen LogP contribution in [0.25, 0.3) is 0 Å². The Labute approximate surface area is 91.8 Å². The van der Waals surface area contributed by atoms with Crippen molar-refractivity contribution < 1.29 is 4.79 Å². The second kappa shape index (κ2) is 7.24. The van der Waals surface area contributed by atoms with Gasteiger partial charge in [-0.25, -0.2) is 0 Å². The minimum Gasteiger partial charge on any atom is -0.351 e. The highest BCUT2D eigenvalue weighted by molar-refractivity contribution is 5.81. The fourth-order valence-corrected chi connectivity index (χ4v) is 1.33. The SMILES string of the molecule is CCC(CC#N)NC(=O)[C@H](N)CC(C)C. The van der Waals surface area contributed by atoms with Gasteiger partial charge in [-0.3, -0.25) is 4.79 Å². The summed E-state index contributed by atoms with van der Waals surface area (Å²) >= 11 is 0. The van der Waals surface area contributed by atoms with Crippen molar-refractivity contribution >= 4 is 5.91 Å². The highest BCUT2D eigenvalue weighted by Crippen LogP contribution is 2.04. The van der Waals surface area contributed by atoms with Gasteiger partial charge in [-0.2, -0.15) is 5.26 Å². The van der Waals surface area contributed by atoms with Crippen molar-refractivity contribution in [3.63, 3.8) is 0 Å². The molecule has 0 saturated carbocycles. The molecule has 0 aromatic heterocycles. The van der Waals surface area contributed by atoms with Crippen molar-refractivity contribution in [2.75, 3.05) is 0 Å². The number of carbonyl (C=O) groups excluding carboxylic acids is 1. The van der Waals surface area contributed by atoms with Gasteiger partial charge in [0.15, 0.2) is 0 Å². The topological polar surface area (TPSA) is 78.9 Å². The molecule has 0 aliphatic rings. The number of hydrogen-bond donors (Lipinski definition) is 2. The van der Waals surface area contributed by atoms with E-state index in [4.69, 9.17) is 11.0 Å². The zero-order valence-corrected chi connectivity index (χ0v) is 9.79. The van der Waals surface area contributed by atoms with Gasteiger partial charge in [-0.15, -0.1) is 0 Å². The monoisotopic (exact) mass is 211 g/mol. The van der Waals surface area contributed by atoms with Crippen LogP contribution in [0.15, 0.2) is 0 Å². The summed E-state index contributed by atoms with van der Waals surface area (Å²) in [6.45, 7) is 6.00. The van der Waals surface area contributed by atoms with Crippen LogP contribution in [0.1, 0.15) is 40.0 Å². The molecule has 0 heterocycles. The maximum atomic E-state index is 11.6. The molecule has 4 heteroatoms. The third-order valence-electron chi connectivity index (χ3n) is 2.24. The van der Waals surface area contributed by atoms with Gasteiger partial charge in [-0.1, -0.05) is 20.8 Å². The molecule has 0 aliphatic carbocycles. The van der Waals surface area contributed by atoms with Crippen LogP contribution in [0, 0.1) is 17.2 Å². The Hall–Kier alpha value is -1.08. The van der Waals surface area contributed by atoms with Crippen molar-refractivity contribution in [3.8, 4) is 6.07 Å². The minimum absolute atomic E-state index is 0.0688. The summed E-state index contributed by atoms with van der Waals surface area (Å²) in [4.78, 5) is 11.6. The standard InChI is InChI=1S/C11H21N3O/c1-4-9(5-6-12)14-11(15)10(13)7-8(2)3/h8-10H,4-5,7,13H2,1-3H3,(H,14,15)/t9?,10-/m1/s1. The predicted molar refractivity (Wildman–Crippen MR) is 59.9 cm³/mol. The molecule has 0 radical (unpaired) electrons. The van der Waals surface area contributed by atoms with Gasteiger partial charge in [0.1, 0.15) is 0 Å². The Kier molecular flexibility index (Phi) is 6.72. The molecule has 0 bridgehead atoms. The summed E-state index contributed by atoms with van der Waals surface area (Å²) in [6, 6.07) is 1.52. The number of rotatable bonds is 6. The average Bonchev–Trinajstić information content (AvgIpc) is 2.15. The molecule has 2 atom stereocenters. The number of nitrogens with one attached hydrogen (secondary N) is 1. The molecule has 0 saturated heterocycles. The van der Waals surface area contributed by atoms with E-state index < -0.39 is 6.04 Å². The van der Waals surface area contributed by atoms with Crippen LogP contribution in [0.3, 0.4) is 0 Å². The van der Waals surface area contributed by atoms with E-state index in [9.17, 15) is 4.79 Å². The summed E-state index contributed by atoms with van der Waals surface area (Å²) in [5.41, 5.74) is 5.72. The number of nitriles is 1. The van der Waals surface area contributed by atoms with Gasteiger partial charge in [0.2, 0.25) is 5.91 Å². The molecule has 1 amide bonds. The second-order valence-electron chi connectivity index (χ2n) is 4.21. The lowest BCUT2D eigenvalue weighted by atomic mass is 10.0. The fraction of sp³-hybridized carbons (Fsp3) is 0.818. The molecule has 0 spiro atoms. The first-order valence-corrected chi connectivity index (χ1v) is 5.44. The lowest BCUT2D eigenvalue weighted by molar-refractivity contribution is -0.123. The molecule has 4 nitrogen and oxygen atoms in total. The average molecular weight is 211 g/mol. The summed E-state index contributed by atoms with van der Waals surface area (Å²) < 4.78 is 0. The zero-order chi connectivity index (χ0) is 11.8. The largest absolute Gasteiger partial charge is 0.351 e. The van der Waals surface area contributed by atoms with Crippen molar-refractivity contribution in [1.82, 2.24) is 5.32 Å². The van der Waals surface area contributed by atoms with E-state index in [-0.39, 0.29) is 11.9 Å². The fourth-order valence-electron chi connectivity index (χ4n) is 1.33. The van der Waals surface area contributed by atoms with Crippen molar-refractivity contribution in [1.29, 1.82) is 5.26 Å². The van der Waals surface area contributed by atoms with Crippen molar-refractivity contribution in [2.24, 2.45) is 11.7 Å². The van der Waals surface area contributed by atoms with E-state index >= 15 is 0 Å². The lowest BCUT2D eigenvalue weighted by Gasteiger charge is -2.18. The van der Waals surface area contributed by atoms with E-state index in [1.165, 1.54) is 0 Å². The number of hydrogen-bond acceptors (Lipinski definition) is 3. The third kappa shape index (κ3) is 6.08.